The Hall–Kier alpha value is 0.413. The molecule has 14 heavy (non-hydrogen) atoms. The molecule has 74 valence electrons. The fourth-order valence-corrected chi connectivity index (χ4v) is 0.950. The van der Waals surface area contributed by atoms with Crippen LogP contribution in [-0.4, -0.2) is 6.61 Å². The van der Waals surface area contributed by atoms with E-state index >= 15 is 0 Å². The van der Waals surface area contributed by atoms with Gasteiger partial charge in [-0.05, 0) is 10.9 Å². The Labute approximate surface area is 107 Å². The zero-order valence-corrected chi connectivity index (χ0v) is 13.7. The number of hydrogen-bond acceptors (Lipinski definition) is 1. The molecule has 1 rings (SSSR count). The molecule has 0 radical (unpaired) electrons. The van der Waals surface area contributed by atoms with Gasteiger partial charge < -0.3 is 4.74 Å². The van der Waals surface area contributed by atoms with Crippen LogP contribution in [0.15, 0.2) is 18.2 Å². The predicted molar refractivity (Wildman–Crippen MR) is 59.5 cm³/mol. The second-order valence-electron chi connectivity index (χ2n) is 3.06. The van der Waals surface area contributed by atoms with Crippen molar-refractivity contribution in [3.8, 4) is 5.75 Å². The minimum absolute atomic E-state index is 0.519. The van der Waals surface area contributed by atoms with Crippen LogP contribution in [0.2, 0.25) is 5.02 Å². The van der Waals surface area contributed by atoms with Crippen LogP contribution in [0.1, 0.15) is 13.8 Å². The van der Waals surface area contributed by atoms with Gasteiger partial charge >= 0.3 is 30.0 Å². The molecule has 0 heterocycles. The molecule has 1 aromatic rings. The molecule has 0 bridgehead atoms. The summed E-state index contributed by atoms with van der Waals surface area (Å²) in [7, 11) is 0. The molecule has 0 aromatic heterocycles. The molecule has 0 aliphatic rings. The number of halogens is 2. The standard InChI is InChI=1S/C10H12ClO.BrH.Zn/c1-8(2)7-12-10-6-4-3-5-9(10)11;;/h4-6,8H,7H2,1-2H3;1H;/q-1;;+2/p-1. The first-order valence-corrected chi connectivity index (χ1v) is 11.6. The second kappa shape index (κ2) is 8.70. The second-order valence-corrected chi connectivity index (χ2v) is 3.47. The van der Waals surface area contributed by atoms with E-state index in [1.807, 2.05) is 6.07 Å². The van der Waals surface area contributed by atoms with Gasteiger partial charge in [-0.2, -0.15) is 29.8 Å². The Morgan fingerprint density at radius 1 is 1.57 bits per heavy atom. The first-order chi connectivity index (χ1) is 6.70. The molecular formula is C10H12BrClOZn. The van der Waals surface area contributed by atoms with E-state index in [2.05, 4.69) is 33.5 Å². The molecule has 0 unspecified atom stereocenters. The number of hydrogen-bond donors (Lipinski definition) is 0. The summed E-state index contributed by atoms with van der Waals surface area (Å²) in [6, 6.07) is 8.20. The summed E-state index contributed by atoms with van der Waals surface area (Å²) in [6.07, 6.45) is 0. The molecule has 1 nitrogen and oxygen atoms in total. The van der Waals surface area contributed by atoms with E-state index in [9.17, 15) is 0 Å². The van der Waals surface area contributed by atoms with Crippen molar-refractivity contribution in [3.05, 3.63) is 29.3 Å². The summed E-state index contributed by atoms with van der Waals surface area (Å²) in [5, 5.41) is 0.623. The molecule has 0 saturated heterocycles. The van der Waals surface area contributed by atoms with Crippen molar-refractivity contribution in [1.29, 1.82) is 0 Å². The molecule has 0 saturated carbocycles. The van der Waals surface area contributed by atoms with Crippen molar-refractivity contribution in [2.75, 3.05) is 6.61 Å². The average molecular weight is 329 g/mol. The van der Waals surface area contributed by atoms with E-state index in [0.717, 1.165) is 5.75 Å². The minimum atomic E-state index is 0.519. The van der Waals surface area contributed by atoms with Gasteiger partial charge in [-0.3, -0.25) is 0 Å². The molecule has 0 N–H and O–H groups in total. The van der Waals surface area contributed by atoms with Gasteiger partial charge in [0.25, 0.3) is 0 Å². The van der Waals surface area contributed by atoms with Crippen molar-refractivity contribution < 1.29 is 21.1 Å². The van der Waals surface area contributed by atoms with Crippen molar-refractivity contribution in [2.45, 2.75) is 13.8 Å². The SMILES string of the molecule is CC(C)COc1cc[c-]cc1Cl.[Zn+][Br]. The molecule has 0 spiro atoms. The van der Waals surface area contributed by atoms with E-state index in [4.69, 9.17) is 16.3 Å². The van der Waals surface area contributed by atoms with Crippen LogP contribution in [0.25, 0.3) is 0 Å². The summed E-state index contributed by atoms with van der Waals surface area (Å²) in [4.78, 5) is 0. The monoisotopic (exact) mass is 326 g/mol. The van der Waals surface area contributed by atoms with Crippen molar-refractivity contribution in [2.24, 2.45) is 5.92 Å². The van der Waals surface area contributed by atoms with E-state index in [0.29, 0.717) is 17.5 Å². The van der Waals surface area contributed by atoms with Crippen LogP contribution in [0, 0.1) is 12.0 Å². The van der Waals surface area contributed by atoms with Crippen molar-refractivity contribution in [1.82, 2.24) is 0 Å². The van der Waals surface area contributed by atoms with Gasteiger partial charge in [-0.15, -0.1) is 6.07 Å². The zero-order valence-electron chi connectivity index (χ0n) is 8.39. The molecule has 0 atom stereocenters. The van der Waals surface area contributed by atoms with Crippen LogP contribution < -0.4 is 4.74 Å². The third-order valence-corrected chi connectivity index (χ3v) is 1.64. The summed E-state index contributed by atoms with van der Waals surface area (Å²) in [5.74, 6) is 1.26. The van der Waals surface area contributed by atoms with Crippen LogP contribution in [0.3, 0.4) is 0 Å². The first kappa shape index (κ1) is 14.4. The summed E-state index contributed by atoms with van der Waals surface area (Å²) < 4.78 is 5.45. The number of ether oxygens (including phenoxy) is 1. The Bertz CT molecular complexity index is 256. The van der Waals surface area contributed by atoms with Crippen LogP contribution in [0.4, 0.5) is 0 Å². The van der Waals surface area contributed by atoms with Gasteiger partial charge in [0, 0.05) is 5.75 Å². The van der Waals surface area contributed by atoms with Gasteiger partial charge in [0.05, 0.1) is 6.61 Å². The van der Waals surface area contributed by atoms with E-state index in [1.165, 1.54) is 16.3 Å². The van der Waals surface area contributed by atoms with Gasteiger partial charge in [0.2, 0.25) is 0 Å². The van der Waals surface area contributed by atoms with Crippen molar-refractivity contribution >= 4 is 25.2 Å². The third-order valence-electron chi connectivity index (χ3n) is 1.35. The predicted octanol–water partition coefficient (Wildman–Crippen LogP) is 4.02. The van der Waals surface area contributed by atoms with Crippen molar-refractivity contribution in [3.63, 3.8) is 0 Å². The molecule has 0 aliphatic carbocycles. The topological polar surface area (TPSA) is 9.23 Å². The Balaban J connectivity index is 0.000000791. The fraction of sp³-hybridized carbons (Fsp3) is 0.400. The van der Waals surface area contributed by atoms with Crippen LogP contribution in [0.5, 0.6) is 5.75 Å². The van der Waals surface area contributed by atoms with Gasteiger partial charge in [0.1, 0.15) is 0 Å². The van der Waals surface area contributed by atoms with Gasteiger partial charge in [0.15, 0.2) is 0 Å². The first-order valence-electron chi connectivity index (χ1n) is 4.25. The molecule has 0 amide bonds. The Morgan fingerprint density at radius 3 is 2.71 bits per heavy atom. The number of benzene rings is 1. The molecule has 0 aliphatic heterocycles. The maximum absolute atomic E-state index is 5.85. The molecular weight excluding hydrogens is 317 g/mol. The van der Waals surface area contributed by atoms with Gasteiger partial charge in [-0.25, -0.2) is 0 Å². The molecule has 1 aromatic carbocycles. The van der Waals surface area contributed by atoms with Crippen LogP contribution in [-0.2, 0) is 16.3 Å². The summed E-state index contributed by atoms with van der Waals surface area (Å²) in [5.41, 5.74) is 0. The van der Waals surface area contributed by atoms with E-state index in [1.54, 1.807) is 12.1 Å². The molecule has 4 heteroatoms. The normalized spacial score (nSPS) is 9.36. The summed E-state index contributed by atoms with van der Waals surface area (Å²) in [6.45, 7) is 4.90. The van der Waals surface area contributed by atoms with Crippen LogP contribution >= 0.6 is 25.2 Å². The quantitative estimate of drug-likeness (QED) is 0.601. The maximum atomic E-state index is 5.85. The summed E-state index contributed by atoms with van der Waals surface area (Å²) >= 11 is 10.1. The van der Waals surface area contributed by atoms with Gasteiger partial charge in [-0.1, -0.05) is 13.8 Å². The Morgan fingerprint density at radius 2 is 2.21 bits per heavy atom. The van der Waals surface area contributed by atoms with E-state index in [-0.39, 0.29) is 0 Å². The number of rotatable bonds is 3. The average Bonchev–Trinajstić information content (AvgIpc) is 2.19. The third kappa shape index (κ3) is 6.00. The van der Waals surface area contributed by atoms with E-state index < -0.39 is 0 Å². The zero-order chi connectivity index (χ0) is 11.0. The Kier molecular flexibility index (Phi) is 8.96. The fourth-order valence-electron chi connectivity index (χ4n) is 0.769. The molecule has 0 fully saturated rings.